The van der Waals surface area contributed by atoms with E-state index in [2.05, 4.69) is 6.07 Å². The molecule has 1 aromatic rings. The van der Waals surface area contributed by atoms with Crippen molar-refractivity contribution in [1.29, 1.82) is 5.26 Å². The Morgan fingerprint density at radius 1 is 1.47 bits per heavy atom. The van der Waals surface area contributed by atoms with Crippen molar-refractivity contribution >= 4 is 0 Å². The Morgan fingerprint density at radius 2 is 2.13 bits per heavy atom. The predicted molar refractivity (Wildman–Crippen MR) is 57.6 cm³/mol. The fourth-order valence-corrected chi connectivity index (χ4v) is 1.34. The molecular formula is C12H15FN2. The number of nitriles is 1. The molecule has 2 nitrogen and oxygen atoms in total. The molecule has 1 aromatic carbocycles. The summed E-state index contributed by atoms with van der Waals surface area (Å²) >= 11 is 0. The van der Waals surface area contributed by atoms with Gasteiger partial charge < -0.3 is 0 Å². The Hall–Kier alpha value is -1.40. The fourth-order valence-electron chi connectivity index (χ4n) is 1.34. The van der Waals surface area contributed by atoms with Gasteiger partial charge in [-0.1, -0.05) is 18.2 Å². The summed E-state index contributed by atoms with van der Waals surface area (Å²) in [4.78, 5) is 1.97. The van der Waals surface area contributed by atoms with Crippen LogP contribution in [0.4, 0.5) is 4.39 Å². The number of rotatable bonds is 4. The minimum atomic E-state index is -0.187. The summed E-state index contributed by atoms with van der Waals surface area (Å²) in [6.45, 7) is 2.50. The summed E-state index contributed by atoms with van der Waals surface area (Å²) in [5, 5.41) is 8.56. The van der Waals surface area contributed by atoms with Crippen LogP contribution >= 0.6 is 0 Å². The van der Waals surface area contributed by atoms with Crippen molar-refractivity contribution < 1.29 is 4.39 Å². The highest BCUT2D eigenvalue weighted by Gasteiger charge is 2.10. The minimum Gasteiger partial charge on any atom is -0.298 e. The topological polar surface area (TPSA) is 27.0 Å². The maximum atomic E-state index is 13.3. The van der Waals surface area contributed by atoms with Gasteiger partial charge in [-0.25, -0.2) is 4.39 Å². The second-order valence-corrected chi connectivity index (χ2v) is 3.72. The highest BCUT2D eigenvalue weighted by atomic mass is 19.1. The second-order valence-electron chi connectivity index (χ2n) is 3.72. The Balaban J connectivity index is 2.63. The van der Waals surface area contributed by atoms with Crippen LogP contribution in [0.2, 0.25) is 0 Å². The summed E-state index contributed by atoms with van der Waals surface area (Å²) in [6.07, 6.45) is 0.463. The maximum absolute atomic E-state index is 13.3. The van der Waals surface area contributed by atoms with Crippen molar-refractivity contribution in [2.24, 2.45) is 0 Å². The summed E-state index contributed by atoms with van der Waals surface area (Å²) in [6, 6.07) is 8.99. The first-order valence-corrected chi connectivity index (χ1v) is 4.95. The molecule has 0 N–H and O–H groups in total. The number of halogens is 1. The molecule has 0 saturated heterocycles. The SMILES string of the molecule is C[C@@H](CC#N)N(C)Cc1ccccc1F. The average Bonchev–Trinajstić information content (AvgIpc) is 2.21. The zero-order valence-electron chi connectivity index (χ0n) is 9.07. The third-order valence-electron chi connectivity index (χ3n) is 2.52. The molecule has 1 rings (SSSR count). The molecule has 1 atom stereocenters. The zero-order chi connectivity index (χ0) is 11.3. The van der Waals surface area contributed by atoms with Gasteiger partial charge in [0, 0.05) is 18.2 Å². The third kappa shape index (κ3) is 3.34. The summed E-state index contributed by atoms with van der Waals surface area (Å²) in [5.74, 6) is -0.187. The molecule has 0 radical (unpaired) electrons. The van der Waals surface area contributed by atoms with E-state index in [1.165, 1.54) is 6.07 Å². The molecule has 0 bridgehead atoms. The highest BCUT2D eigenvalue weighted by Crippen LogP contribution is 2.11. The van der Waals surface area contributed by atoms with Gasteiger partial charge in [0.05, 0.1) is 12.5 Å². The number of benzene rings is 1. The van der Waals surface area contributed by atoms with Crippen LogP contribution in [0.25, 0.3) is 0 Å². The Labute approximate surface area is 89.9 Å². The van der Waals surface area contributed by atoms with E-state index in [0.717, 1.165) is 0 Å². The zero-order valence-corrected chi connectivity index (χ0v) is 9.07. The summed E-state index contributed by atoms with van der Waals surface area (Å²) < 4.78 is 13.3. The van der Waals surface area contributed by atoms with Gasteiger partial charge >= 0.3 is 0 Å². The van der Waals surface area contributed by atoms with Gasteiger partial charge in [-0.15, -0.1) is 0 Å². The van der Waals surface area contributed by atoms with Crippen LogP contribution in [-0.2, 0) is 6.54 Å². The monoisotopic (exact) mass is 206 g/mol. The van der Waals surface area contributed by atoms with Crippen molar-refractivity contribution in [3.8, 4) is 6.07 Å². The van der Waals surface area contributed by atoms with Crippen LogP contribution in [0.3, 0.4) is 0 Å². The van der Waals surface area contributed by atoms with E-state index in [-0.39, 0.29) is 11.9 Å². The van der Waals surface area contributed by atoms with E-state index in [0.29, 0.717) is 18.5 Å². The highest BCUT2D eigenvalue weighted by molar-refractivity contribution is 5.17. The molecule has 15 heavy (non-hydrogen) atoms. The molecule has 0 spiro atoms. The molecule has 0 saturated carbocycles. The van der Waals surface area contributed by atoms with Crippen molar-refractivity contribution in [2.45, 2.75) is 25.9 Å². The number of hydrogen-bond acceptors (Lipinski definition) is 2. The van der Waals surface area contributed by atoms with Crippen LogP contribution in [0.1, 0.15) is 18.9 Å². The van der Waals surface area contributed by atoms with Crippen molar-refractivity contribution in [1.82, 2.24) is 4.90 Å². The minimum absolute atomic E-state index is 0.148. The van der Waals surface area contributed by atoms with E-state index >= 15 is 0 Å². The first-order chi connectivity index (χ1) is 7.15. The molecule has 0 unspecified atom stereocenters. The molecule has 0 fully saturated rings. The summed E-state index contributed by atoms with van der Waals surface area (Å²) in [7, 11) is 1.90. The van der Waals surface area contributed by atoms with Gasteiger partial charge in [0.15, 0.2) is 0 Å². The van der Waals surface area contributed by atoms with Gasteiger partial charge in [0.1, 0.15) is 5.82 Å². The molecule has 0 amide bonds. The molecule has 0 aliphatic rings. The van der Waals surface area contributed by atoms with E-state index < -0.39 is 0 Å². The van der Waals surface area contributed by atoms with Crippen LogP contribution in [0, 0.1) is 17.1 Å². The Morgan fingerprint density at radius 3 is 2.73 bits per heavy atom. The van der Waals surface area contributed by atoms with Crippen LogP contribution in [-0.4, -0.2) is 18.0 Å². The van der Waals surface area contributed by atoms with Crippen molar-refractivity contribution in [2.75, 3.05) is 7.05 Å². The molecule has 0 aliphatic carbocycles. The lowest BCUT2D eigenvalue weighted by molar-refractivity contribution is 0.249. The lowest BCUT2D eigenvalue weighted by Crippen LogP contribution is -2.28. The van der Waals surface area contributed by atoms with Crippen molar-refractivity contribution in [3.63, 3.8) is 0 Å². The molecular weight excluding hydrogens is 191 g/mol. The van der Waals surface area contributed by atoms with E-state index in [9.17, 15) is 4.39 Å². The fraction of sp³-hybridized carbons (Fsp3) is 0.417. The number of nitrogens with zero attached hydrogens (tertiary/aromatic N) is 2. The lowest BCUT2D eigenvalue weighted by atomic mass is 10.1. The standard InChI is InChI=1S/C12H15FN2/c1-10(7-8-14)15(2)9-11-5-3-4-6-12(11)13/h3-6,10H,7,9H2,1-2H3/t10-/m0/s1. The third-order valence-corrected chi connectivity index (χ3v) is 2.52. The average molecular weight is 206 g/mol. The normalized spacial score (nSPS) is 12.5. The van der Waals surface area contributed by atoms with Gasteiger partial charge in [-0.2, -0.15) is 5.26 Å². The van der Waals surface area contributed by atoms with Crippen LogP contribution in [0.15, 0.2) is 24.3 Å². The Bertz CT molecular complexity index is 357. The first kappa shape index (κ1) is 11.7. The molecule has 3 heteroatoms. The Kier molecular flexibility index (Phi) is 4.26. The molecule has 0 aromatic heterocycles. The largest absolute Gasteiger partial charge is 0.298 e. The second kappa shape index (κ2) is 5.47. The predicted octanol–water partition coefficient (Wildman–Crippen LogP) is 2.56. The molecule has 0 aliphatic heterocycles. The smallest absolute Gasteiger partial charge is 0.127 e. The van der Waals surface area contributed by atoms with Crippen LogP contribution < -0.4 is 0 Å². The van der Waals surface area contributed by atoms with Gasteiger partial charge in [0.2, 0.25) is 0 Å². The van der Waals surface area contributed by atoms with Crippen molar-refractivity contribution in [3.05, 3.63) is 35.6 Å². The van der Waals surface area contributed by atoms with E-state index in [4.69, 9.17) is 5.26 Å². The van der Waals surface area contributed by atoms with Gasteiger partial charge in [-0.05, 0) is 20.0 Å². The molecule has 0 heterocycles. The summed E-state index contributed by atoms with van der Waals surface area (Å²) in [5.41, 5.74) is 0.671. The van der Waals surface area contributed by atoms with Gasteiger partial charge in [0.25, 0.3) is 0 Å². The lowest BCUT2D eigenvalue weighted by Gasteiger charge is -2.22. The van der Waals surface area contributed by atoms with E-state index in [1.807, 2.05) is 24.9 Å². The number of hydrogen-bond donors (Lipinski definition) is 0. The van der Waals surface area contributed by atoms with E-state index in [1.54, 1.807) is 12.1 Å². The first-order valence-electron chi connectivity index (χ1n) is 4.95. The molecule has 80 valence electrons. The van der Waals surface area contributed by atoms with Gasteiger partial charge in [-0.3, -0.25) is 4.90 Å². The maximum Gasteiger partial charge on any atom is 0.127 e. The quantitative estimate of drug-likeness (QED) is 0.757. The van der Waals surface area contributed by atoms with Crippen LogP contribution in [0.5, 0.6) is 0 Å².